The van der Waals surface area contributed by atoms with Crippen molar-refractivity contribution >= 4 is 5.91 Å². The molecule has 0 aliphatic rings. The molecular formula is C14H22N2O3. The first-order chi connectivity index (χ1) is 9.01. The van der Waals surface area contributed by atoms with Gasteiger partial charge in [-0.05, 0) is 38.1 Å². The van der Waals surface area contributed by atoms with Gasteiger partial charge >= 0.3 is 0 Å². The van der Waals surface area contributed by atoms with Gasteiger partial charge in [-0.25, -0.2) is 0 Å². The second-order valence-corrected chi connectivity index (χ2v) is 4.62. The number of rotatable bonds is 8. The highest BCUT2D eigenvalue weighted by atomic mass is 16.5. The van der Waals surface area contributed by atoms with E-state index in [9.17, 15) is 4.79 Å². The van der Waals surface area contributed by atoms with E-state index in [0.717, 1.165) is 6.42 Å². The second-order valence-electron chi connectivity index (χ2n) is 4.62. The summed E-state index contributed by atoms with van der Waals surface area (Å²) in [5.41, 5.74) is 5.64. The van der Waals surface area contributed by atoms with Crippen molar-refractivity contribution in [3.63, 3.8) is 0 Å². The lowest BCUT2D eigenvalue weighted by molar-refractivity contribution is -0.124. The lowest BCUT2D eigenvalue weighted by Gasteiger charge is -2.25. The standard InChI is InChI=1S/C14H22N2O3/c1-14(16-2,13(15)17)10-19-12-6-4-11(5-7-12)8-9-18-3/h4-7,16H,8-10H2,1-3H3,(H2,15,17). The number of carbonyl (C=O) groups is 1. The summed E-state index contributed by atoms with van der Waals surface area (Å²) < 4.78 is 10.6. The number of hydrogen-bond donors (Lipinski definition) is 2. The summed E-state index contributed by atoms with van der Waals surface area (Å²) in [4.78, 5) is 11.3. The maximum Gasteiger partial charge on any atom is 0.240 e. The molecule has 0 saturated carbocycles. The SMILES string of the molecule is CNC(C)(COc1ccc(CCOC)cc1)C(N)=O. The maximum absolute atomic E-state index is 11.3. The Bertz CT molecular complexity index is 406. The molecule has 1 unspecified atom stereocenters. The van der Waals surface area contributed by atoms with E-state index in [1.54, 1.807) is 21.1 Å². The Morgan fingerprint density at radius 2 is 2.00 bits per heavy atom. The van der Waals surface area contributed by atoms with E-state index in [2.05, 4.69) is 5.32 Å². The van der Waals surface area contributed by atoms with E-state index < -0.39 is 11.4 Å². The number of amides is 1. The molecule has 0 aliphatic heterocycles. The number of hydrogen-bond acceptors (Lipinski definition) is 4. The number of benzene rings is 1. The number of primary amides is 1. The van der Waals surface area contributed by atoms with Gasteiger partial charge in [-0.2, -0.15) is 0 Å². The van der Waals surface area contributed by atoms with Crippen molar-refractivity contribution in [2.24, 2.45) is 5.73 Å². The molecule has 0 heterocycles. The summed E-state index contributed by atoms with van der Waals surface area (Å²) in [6.07, 6.45) is 0.867. The Hall–Kier alpha value is -1.59. The highest BCUT2D eigenvalue weighted by Crippen LogP contribution is 2.14. The van der Waals surface area contributed by atoms with Gasteiger partial charge in [0.1, 0.15) is 17.9 Å². The quantitative estimate of drug-likeness (QED) is 0.727. The fraction of sp³-hybridized carbons (Fsp3) is 0.500. The third-order valence-electron chi connectivity index (χ3n) is 3.14. The van der Waals surface area contributed by atoms with E-state index in [1.165, 1.54) is 5.56 Å². The van der Waals surface area contributed by atoms with Crippen LogP contribution in [-0.2, 0) is 16.0 Å². The summed E-state index contributed by atoms with van der Waals surface area (Å²) >= 11 is 0. The lowest BCUT2D eigenvalue weighted by atomic mass is 10.0. The average Bonchev–Trinajstić information content (AvgIpc) is 2.43. The highest BCUT2D eigenvalue weighted by molar-refractivity contribution is 5.84. The third kappa shape index (κ3) is 4.54. The van der Waals surface area contributed by atoms with E-state index in [1.807, 2.05) is 24.3 Å². The van der Waals surface area contributed by atoms with Crippen LogP contribution in [0.4, 0.5) is 0 Å². The Morgan fingerprint density at radius 3 is 2.47 bits per heavy atom. The van der Waals surface area contributed by atoms with Crippen LogP contribution in [0.5, 0.6) is 5.75 Å². The molecule has 1 amide bonds. The molecule has 0 bridgehead atoms. The van der Waals surface area contributed by atoms with Gasteiger partial charge in [-0.15, -0.1) is 0 Å². The minimum Gasteiger partial charge on any atom is -0.491 e. The van der Waals surface area contributed by atoms with Gasteiger partial charge in [0.25, 0.3) is 0 Å². The number of likely N-dealkylation sites (N-methyl/N-ethyl adjacent to an activating group) is 1. The van der Waals surface area contributed by atoms with Crippen LogP contribution in [0.15, 0.2) is 24.3 Å². The molecule has 106 valence electrons. The molecule has 1 aromatic carbocycles. The number of ether oxygens (including phenoxy) is 2. The Kier molecular flexibility index (Phi) is 5.79. The molecule has 0 spiro atoms. The molecule has 3 N–H and O–H groups in total. The first kappa shape index (κ1) is 15.5. The van der Waals surface area contributed by atoms with Gasteiger partial charge in [-0.1, -0.05) is 12.1 Å². The first-order valence-corrected chi connectivity index (χ1v) is 6.21. The smallest absolute Gasteiger partial charge is 0.240 e. The fourth-order valence-electron chi connectivity index (χ4n) is 1.47. The molecular weight excluding hydrogens is 244 g/mol. The zero-order valence-electron chi connectivity index (χ0n) is 11.7. The third-order valence-corrected chi connectivity index (χ3v) is 3.14. The first-order valence-electron chi connectivity index (χ1n) is 6.21. The molecule has 5 nitrogen and oxygen atoms in total. The van der Waals surface area contributed by atoms with Crippen molar-refractivity contribution in [2.45, 2.75) is 18.9 Å². The summed E-state index contributed by atoms with van der Waals surface area (Å²) in [7, 11) is 3.36. The summed E-state index contributed by atoms with van der Waals surface area (Å²) in [5.74, 6) is 0.274. The van der Waals surface area contributed by atoms with Crippen molar-refractivity contribution < 1.29 is 14.3 Å². The van der Waals surface area contributed by atoms with E-state index in [-0.39, 0.29) is 6.61 Å². The molecule has 0 radical (unpaired) electrons. The molecule has 0 aliphatic carbocycles. The monoisotopic (exact) mass is 266 g/mol. The molecule has 0 fully saturated rings. The predicted molar refractivity (Wildman–Crippen MR) is 74.2 cm³/mol. The van der Waals surface area contributed by atoms with Crippen LogP contribution in [0.1, 0.15) is 12.5 Å². The largest absolute Gasteiger partial charge is 0.491 e. The maximum atomic E-state index is 11.3. The van der Waals surface area contributed by atoms with Crippen LogP contribution in [0.2, 0.25) is 0 Å². The Labute approximate surface area is 114 Å². The number of nitrogens with two attached hydrogens (primary N) is 1. The van der Waals surface area contributed by atoms with Gasteiger partial charge in [0.05, 0.1) is 6.61 Å². The van der Waals surface area contributed by atoms with Crippen molar-refractivity contribution in [1.29, 1.82) is 0 Å². The summed E-state index contributed by atoms with van der Waals surface area (Å²) in [5, 5.41) is 2.87. The normalized spacial score (nSPS) is 13.8. The zero-order chi connectivity index (χ0) is 14.3. The summed E-state index contributed by atoms with van der Waals surface area (Å²) in [6.45, 7) is 2.60. The highest BCUT2D eigenvalue weighted by Gasteiger charge is 2.29. The Balaban J connectivity index is 2.56. The molecule has 0 saturated heterocycles. The van der Waals surface area contributed by atoms with E-state index >= 15 is 0 Å². The second kappa shape index (κ2) is 7.11. The van der Waals surface area contributed by atoms with Gasteiger partial charge < -0.3 is 20.5 Å². The lowest BCUT2D eigenvalue weighted by Crippen LogP contribution is -2.55. The van der Waals surface area contributed by atoms with Crippen LogP contribution in [0, 0.1) is 0 Å². The van der Waals surface area contributed by atoms with Crippen molar-refractivity contribution in [3.8, 4) is 5.75 Å². The zero-order valence-corrected chi connectivity index (χ0v) is 11.7. The van der Waals surface area contributed by atoms with Crippen molar-refractivity contribution in [1.82, 2.24) is 5.32 Å². The molecule has 0 aromatic heterocycles. The van der Waals surface area contributed by atoms with Gasteiger partial charge in [0.15, 0.2) is 0 Å². The van der Waals surface area contributed by atoms with Crippen LogP contribution in [0.25, 0.3) is 0 Å². The van der Waals surface area contributed by atoms with E-state index in [4.69, 9.17) is 15.2 Å². The molecule has 5 heteroatoms. The topological polar surface area (TPSA) is 73.6 Å². The van der Waals surface area contributed by atoms with Crippen LogP contribution in [-0.4, -0.2) is 38.8 Å². The van der Waals surface area contributed by atoms with Gasteiger partial charge in [-0.3, -0.25) is 4.79 Å². The van der Waals surface area contributed by atoms with E-state index in [0.29, 0.717) is 12.4 Å². The fourth-order valence-corrected chi connectivity index (χ4v) is 1.47. The number of carbonyl (C=O) groups excluding carboxylic acids is 1. The predicted octanol–water partition coefficient (Wildman–Crippen LogP) is 0.718. The molecule has 19 heavy (non-hydrogen) atoms. The van der Waals surface area contributed by atoms with Crippen molar-refractivity contribution in [2.75, 3.05) is 27.4 Å². The summed E-state index contributed by atoms with van der Waals surface area (Å²) in [6, 6.07) is 7.72. The minimum atomic E-state index is -0.866. The molecule has 1 rings (SSSR count). The average molecular weight is 266 g/mol. The number of nitrogens with one attached hydrogen (secondary N) is 1. The van der Waals surface area contributed by atoms with Gasteiger partial charge in [0, 0.05) is 7.11 Å². The molecule has 1 aromatic rings. The number of methoxy groups -OCH3 is 1. The minimum absolute atomic E-state index is 0.191. The van der Waals surface area contributed by atoms with Crippen LogP contribution in [0.3, 0.4) is 0 Å². The Morgan fingerprint density at radius 1 is 1.37 bits per heavy atom. The van der Waals surface area contributed by atoms with Crippen LogP contribution >= 0.6 is 0 Å². The van der Waals surface area contributed by atoms with Gasteiger partial charge in [0.2, 0.25) is 5.91 Å². The molecule has 1 atom stereocenters. The van der Waals surface area contributed by atoms with Crippen LogP contribution < -0.4 is 15.8 Å². The van der Waals surface area contributed by atoms with Crippen molar-refractivity contribution in [3.05, 3.63) is 29.8 Å².